The molecule has 0 saturated carbocycles. The zero-order chi connectivity index (χ0) is 19.6. The molecule has 0 aliphatic rings. The summed E-state index contributed by atoms with van der Waals surface area (Å²) < 4.78 is 6.15. The molecular formula is C21H18BrNO4. The topological polar surface area (TPSA) is 79.5 Å². The SMILES string of the molecule is CC(C)c1ccc(C(=O)Nc2cc(Br)ccc2-c2ccc(C(=O)O)o2)cc1. The number of halogens is 1. The van der Waals surface area contributed by atoms with Gasteiger partial charge in [-0.1, -0.05) is 41.9 Å². The molecule has 0 aliphatic heterocycles. The van der Waals surface area contributed by atoms with Crippen LogP contribution in [-0.2, 0) is 0 Å². The number of hydrogen-bond donors (Lipinski definition) is 2. The first-order chi connectivity index (χ1) is 12.8. The fourth-order valence-electron chi connectivity index (χ4n) is 2.65. The molecule has 1 aromatic heterocycles. The smallest absolute Gasteiger partial charge is 0.371 e. The first-order valence-electron chi connectivity index (χ1n) is 8.39. The highest BCUT2D eigenvalue weighted by molar-refractivity contribution is 9.10. The van der Waals surface area contributed by atoms with Gasteiger partial charge in [-0.15, -0.1) is 0 Å². The highest BCUT2D eigenvalue weighted by Crippen LogP contribution is 2.32. The van der Waals surface area contributed by atoms with Crippen LogP contribution in [0, 0.1) is 0 Å². The molecule has 0 bridgehead atoms. The summed E-state index contributed by atoms with van der Waals surface area (Å²) >= 11 is 3.39. The van der Waals surface area contributed by atoms with Gasteiger partial charge in [-0.3, -0.25) is 4.79 Å². The van der Waals surface area contributed by atoms with Crippen molar-refractivity contribution in [2.75, 3.05) is 5.32 Å². The number of carboxylic acid groups (broad SMARTS) is 1. The number of aromatic carboxylic acids is 1. The minimum atomic E-state index is -1.14. The summed E-state index contributed by atoms with van der Waals surface area (Å²) in [7, 11) is 0. The number of benzene rings is 2. The van der Waals surface area contributed by atoms with E-state index in [1.54, 1.807) is 36.4 Å². The summed E-state index contributed by atoms with van der Waals surface area (Å²) in [4.78, 5) is 23.7. The predicted octanol–water partition coefficient (Wildman–Crippen LogP) is 5.78. The Morgan fingerprint density at radius 3 is 2.33 bits per heavy atom. The number of carbonyl (C=O) groups is 2. The van der Waals surface area contributed by atoms with E-state index in [0.29, 0.717) is 28.5 Å². The Bertz CT molecular complexity index is 990. The number of furan rings is 1. The van der Waals surface area contributed by atoms with Gasteiger partial charge in [0.2, 0.25) is 5.76 Å². The Kier molecular flexibility index (Phi) is 5.46. The molecule has 5 nitrogen and oxygen atoms in total. The highest BCUT2D eigenvalue weighted by atomic mass is 79.9. The van der Waals surface area contributed by atoms with E-state index in [0.717, 1.165) is 10.0 Å². The zero-order valence-electron chi connectivity index (χ0n) is 14.8. The lowest BCUT2D eigenvalue weighted by Crippen LogP contribution is -2.12. The van der Waals surface area contributed by atoms with Crippen LogP contribution < -0.4 is 5.32 Å². The molecule has 2 N–H and O–H groups in total. The van der Waals surface area contributed by atoms with Gasteiger partial charge in [0, 0.05) is 15.6 Å². The van der Waals surface area contributed by atoms with Gasteiger partial charge in [0.1, 0.15) is 5.76 Å². The monoisotopic (exact) mass is 427 g/mol. The van der Waals surface area contributed by atoms with Crippen molar-refractivity contribution in [1.82, 2.24) is 0 Å². The maximum Gasteiger partial charge on any atom is 0.371 e. The second kappa shape index (κ2) is 7.80. The molecular weight excluding hydrogens is 410 g/mol. The van der Waals surface area contributed by atoms with Crippen LogP contribution >= 0.6 is 15.9 Å². The van der Waals surface area contributed by atoms with Crippen molar-refractivity contribution in [3.63, 3.8) is 0 Å². The fraction of sp³-hybridized carbons (Fsp3) is 0.143. The van der Waals surface area contributed by atoms with Crippen molar-refractivity contribution in [2.24, 2.45) is 0 Å². The maximum atomic E-state index is 12.7. The number of nitrogens with one attached hydrogen (secondary N) is 1. The molecule has 2 aromatic carbocycles. The van der Waals surface area contributed by atoms with Gasteiger partial charge in [0.25, 0.3) is 5.91 Å². The van der Waals surface area contributed by atoms with Crippen LogP contribution in [0.4, 0.5) is 5.69 Å². The molecule has 0 aliphatic carbocycles. The van der Waals surface area contributed by atoms with Gasteiger partial charge in [-0.25, -0.2) is 4.79 Å². The summed E-state index contributed by atoms with van der Waals surface area (Å²) in [6.07, 6.45) is 0. The van der Waals surface area contributed by atoms with E-state index < -0.39 is 5.97 Å². The summed E-state index contributed by atoms with van der Waals surface area (Å²) in [5.41, 5.74) is 2.81. The molecule has 0 saturated heterocycles. The first-order valence-corrected chi connectivity index (χ1v) is 9.19. The summed E-state index contributed by atoms with van der Waals surface area (Å²) in [6.45, 7) is 4.19. The molecule has 3 aromatic rings. The molecule has 1 amide bonds. The number of rotatable bonds is 5. The number of amides is 1. The normalized spacial score (nSPS) is 10.8. The Balaban J connectivity index is 1.90. The Morgan fingerprint density at radius 1 is 1.04 bits per heavy atom. The summed E-state index contributed by atoms with van der Waals surface area (Å²) in [6, 6.07) is 15.7. The van der Waals surface area contributed by atoms with Crippen LogP contribution in [0.25, 0.3) is 11.3 Å². The molecule has 1 heterocycles. The Labute approximate surface area is 165 Å². The fourth-order valence-corrected chi connectivity index (χ4v) is 3.01. The molecule has 3 rings (SSSR count). The third-order valence-corrected chi connectivity index (χ3v) is 4.64. The molecule has 0 radical (unpaired) electrons. The van der Waals surface area contributed by atoms with Gasteiger partial charge in [-0.05, 0) is 53.9 Å². The van der Waals surface area contributed by atoms with Gasteiger partial charge >= 0.3 is 5.97 Å². The van der Waals surface area contributed by atoms with Crippen molar-refractivity contribution < 1.29 is 19.1 Å². The number of carboxylic acids is 1. The molecule has 0 unspecified atom stereocenters. The molecule has 6 heteroatoms. The lowest BCUT2D eigenvalue weighted by molar-refractivity contribution is 0.0663. The lowest BCUT2D eigenvalue weighted by Gasteiger charge is -2.11. The number of anilines is 1. The van der Waals surface area contributed by atoms with Crippen molar-refractivity contribution >= 4 is 33.5 Å². The third-order valence-electron chi connectivity index (χ3n) is 4.15. The van der Waals surface area contributed by atoms with Crippen molar-refractivity contribution in [3.05, 3.63) is 76.0 Å². The van der Waals surface area contributed by atoms with Crippen LogP contribution in [0.15, 0.2) is 63.5 Å². The van der Waals surface area contributed by atoms with E-state index in [2.05, 4.69) is 35.1 Å². The maximum absolute atomic E-state index is 12.7. The van der Waals surface area contributed by atoms with Gasteiger partial charge in [0.15, 0.2) is 0 Å². The third kappa shape index (κ3) is 4.28. The molecule has 0 fully saturated rings. The zero-order valence-corrected chi connectivity index (χ0v) is 16.4. The van der Waals surface area contributed by atoms with Crippen molar-refractivity contribution in [2.45, 2.75) is 19.8 Å². The van der Waals surface area contributed by atoms with E-state index in [9.17, 15) is 9.59 Å². The second-order valence-corrected chi connectivity index (χ2v) is 7.31. The van der Waals surface area contributed by atoms with E-state index in [-0.39, 0.29) is 11.7 Å². The van der Waals surface area contributed by atoms with Gasteiger partial charge in [-0.2, -0.15) is 0 Å². The average Bonchev–Trinajstić information content (AvgIpc) is 3.12. The van der Waals surface area contributed by atoms with E-state index in [1.165, 1.54) is 6.07 Å². The number of carbonyl (C=O) groups excluding carboxylic acids is 1. The molecule has 0 atom stereocenters. The van der Waals surface area contributed by atoms with Crippen LogP contribution in [0.2, 0.25) is 0 Å². The molecule has 0 spiro atoms. The number of hydrogen-bond acceptors (Lipinski definition) is 3. The van der Waals surface area contributed by atoms with Crippen LogP contribution in [0.3, 0.4) is 0 Å². The summed E-state index contributed by atoms with van der Waals surface area (Å²) in [5.74, 6) is -0.801. The van der Waals surface area contributed by atoms with E-state index >= 15 is 0 Å². The van der Waals surface area contributed by atoms with E-state index in [4.69, 9.17) is 9.52 Å². The minimum absolute atomic E-state index is 0.158. The average molecular weight is 428 g/mol. The Hall–Kier alpha value is -2.86. The first kappa shape index (κ1) is 18.9. The van der Waals surface area contributed by atoms with Crippen LogP contribution in [0.5, 0.6) is 0 Å². The quantitative estimate of drug-likeness (QED) is 0.540. The predicted molar refractivity (Wildman–Crippen MR) is 107 cm³/mol. The lowest BCUT2D eigenvalue weighted by atomic mass is 10.0. The largest absolute Gasteiger partial charge is 0.475 e. The van der Waals surface area contributed by atoms with Crippen molar-refractivity contribution in [3.8, 4) is 11.3 Å². The van der Waals surface area contributed by atoms with Crippen LogP contribution in [0.1, 0.15) is 46.2 Å². The standard InChI is InChI=1S/C21H18BrNO4/c1-12(2)13-3-5-14(6-4-13)20(24)23-17-11-15(22)7-8-16(17)18-9-10-19(27-18)21(25)26/h3-12H,1-2H3,(H,23,24)(H,25,26). The Morgan fingerprint density at radius 2 is 1.74 bits per heavy atom. The highest BCUT2D eigenvalue weighted by Gasteiger charge is 2.16. The van der Waals surface area contributed by atoms with Gasteiger partial charge < -0.3 is 14.8 Å². The van der Waals surface area contributed by atoms with Crippen LogP contribution in [-0.4, -0.2) is 17.0 Å². The molecule has 138 valence electrons. The minimum Gasteiger partial charge on any atom is -0.475 e. The second-order valence-electron chi connectivity index (χ2n) is 6.39. The molecule has 27 heavy (non-hydrogen) atoms. The van der Waals surface area contributed by atoms with Crippen molar-refractivity contribution in [1.29, 1.82) is 0 Å². The summed E-state index contributed by atoms with van der Waals surface area (Å²) in [5, 5.41) is 11.9. The van der Waals surface area contributed by atoms with Gasteiger partial charge in [0.05, 0.1) is 5.69 Å². The van der Waals surface area contributed by atoms with E-state index in [1.807, 2.05) is 12.1 Å².